The topological polar surface area (TPSA) is 69.7 Å². The molecule has 0 radical (unpaired) electrons. The Morgan fingerprint density at radius 3 is 2.23 bits per heavy atom. The van der Waals surface area contributed by atoms with Crippen molar-refractivity contribution in [1.29, 1.82) is 0 Å². The van der Waals surface area contributed by atoms with Crippen LogP contribution >= 0.6 is 0 Å². The van der Waals surface area contributed by atoms with E-state index in [4.69, 9.17) is 0 Å². The highest BCUT2D eigenvalue weighted by molar-refractivity contribution is 7.89. The highest BCUT2D eigenvalue weighted by atomic mass is 32.2. The zero-order chi connectivity index (χ0) is 22.8. The Morgan fingerprint density at radius 1 is 0.968 bits per heavy atom. The molecule has 31 heavy (non-hydrogen) atoms. The predicted molar refractivity (Wildman–Crippen MR) is 124 cm³/mol. The van der Waals surface area contributed by atoms with E-state index in [9.17, 15) is 13.2 Å². The van der Waals surface area contributed by atoms with Gasteiger partial charge in [-0.1, -0.05) is 31.2 Å². The van der Waals surface area contributed by atoms with Gasteiger partial charge in [0.2, 0.25) is 10.0 Å². The van der Waals surface area contributed by atoms with E-state index in [1.54, 1.807) is 19.1 Å². The fourth-order valence-electron chi connectivity index (χ4n) is 3.83. The quantitative estimate of drug-likeness (QED) is 0.743. The number of rotatable bonds is 6. The lowest BCUT2D eigenvalue weighted by atomic mass is 9.99. The SMILES string of the molecule is CC[C@H](NC(=O)c1ccc(C)c(S(=O)(=O)N2CCN(C)CC2)c1)c1ccc(C)c(C)c1. The van der Waals surface area contributed by atoms with Crippen LogP contribution in [0.25, 0.3) is 0 Å². The van der Waals surface area contributed by atoms with Crippen LogP contribution in [-0.4, -0.2) is 56.8 Å². The van der Waals surface area contributed by atoms with Gasteiger partial charge in [0.05, 0.1) is 10.9 Å². The number of carbonyl (C=O) groups is 1. The lowest BCUT2D eigenvalue weighted by molar-refractivity contribution is 0.0935. The minimum absolute atomic E-state index is 0.134. The summed E-state index contributed by atoms with van der Waals surface area (Å²) in [7, 11) is -1.66. The summed E-state index contributed by atoms with van der Waals surface area (Å²) in [6, 6.07) is 11.0. The summed E-state index contributed by atoms with van der Waals surface area (Å²) in [5.41, 5.74) is 4.46. The average Bonchev–Trinajstić information content (AvgIpc) is 2.74. The van der Waals surface area contributed by atoms with Crippen molar-refractivity contribution in [3.63, 3.8) is 0 Å². The highest BCUT2D eigenvalue weighted by Crippen LogP contribution is 2.24. The fourth-order valence-corrected chi connectivity index (χ4v) is 5.50. The average molecular weight is 444 g/mol. The second kappa shape index (κ2) is 9.51. The van der Waals surface area contributed by atoms with Crippen LogP contribution in [0.3, 0.4) is 0 Å². The van der Waals surface area contributed by atoms with Gasteiger partial charge in [-0.3, -0.25) is 4.79 Å². The molecule has 1 amide bonds. The number of benzene rings is 2. The number of amides is 1. The van der Waals surface area contributed by atoms with Gasteiger partial charge in [0.15, 0.2) is 0 Å². The van der Waals surface area contributed by atoms with Crippen LogP contribution in [0.1, 0.15) is 52.0 Å². The Hall–Kier alpha value is -2.22. The molecule has 0 unspecified atom stereocenters. The van der Waals surface area contributed by atoms with Gasteiger partial charge in [-0.05, 0) is 68.6 Å². The Kier molecular flexibility index (Phi) is 7.19. The number of hydrogen-bond acceptors (Lipinski definition) is 4. The fraction of sp³-hybridized carbons (Fsp3) is 0.458. The molecule has 1 atom stereocenters. The third kappa shape index (κ3) is 5.17. The van der Waals surface area contributed by atoms with Crippen molar-refractivity contribution in [3.8, 4) is 0 Å². The molecule has 1 heterocycles. The summed E-state index contributed by atoms with van der Waals surface area (Å²) in [6.07, 6.45) is 0.743. The van der Waals surface area contributed by atoms with Crippen molar-refractivity contribution in [3.05, 3.63) is 64.2 Å². The Balaban J connectivity index is 1.84. The summed E-state index contributed by atoms with van der Waals surface area (Å²) in [5, 5.41) is 3.08. The van der Waals surface area contributed by atoms with Crippen LogP contribution in [0.4, 0.5) is 0 Å². The zero-order valence-electron chi connectivity index (χ0n) is 19.1. The number of aryl methyl sites for hydroxylation is 3. The molecular weight excluding hydrogens is 410 g/mol. The maximum absolute atomic E-state index is 13.2. The van der Waals surface area contributed by atoms with E-state index in [-0.39, 0.29) is 16.8 Å². The Labute approximate surface area is 186 Å². The summed E-state index contributed by atoms with van der Waals surface area (Å²) in [5.74, 6) is -0.264. The van der Waals surface area contributed by atoms with Crippen LogP contribution in [0.5, 0.6) is 0 Å². The van der Waals surface area contributed by atoms with Gasteiger partial charge in [0.25, 0.3) is 5.91 Å². The molecule has 3 rings (SSSR count). The van der Waals surface area contributed by atoms with E-state index in [1.807, 2.05) is 20.0 Å². The van der Waals surface area contributed by atoms with Crippen LogP contribution < -0.4 is 5.32 Å². The molecule has 0 spiro atoms. The summed E-state index contributed by atoms with van der Waals surface area (Å²) < 4.78 is 28.0. The second-order valence-electron chi connectivity index (χ2n) is 8.47. The maximum Gasteiger partial charge on any atom is 0.251 e. The molecular formula is C24H33N3O3S. The zero-order valence-corrected chi connectivity index (χ0v) is 19.9. The van der Waals surface area contributed by atoms with Gasteiger partial charge in [0, 0.05) is 31.7 Å². The molecule has 6 nitrogen and oxygen atoms in total. The first kappa shape index (κ1) is 23.4. The van der Waals surface area contributed by atoms with Gasteiger partial charge < -0.3 is 10.2 Å². The van der Waals surface area contributed by atoms with Crippen LogP contribution in [0, 0.1) is 20.8 Å². The van der Waals surface area contributed by atoms with Gasteiger partial charge >= 0.3 is 0 Å². The van der Waals surface area contributed by atoms with Crippen molar-refractivity contribution < 1.29 is 13.2 Å². The molecule has 1 saturated heterocycles. The molecule has 0 aliphatic carbocycles. The molecule has 2 aromatic rings. The van der Waals surface area contributed by atoms with Crippen molar-refractivity contribution in [2.24, 2.45) is 0 Å². The Bertz CT molecular complexity index is 1060. The number of sulfonamides is 1. The normalized spacial score (nSPS) is 16.8. The Morgan fingerprint density at radius 2 is 1.61 bits per heavy atom. The number of carbonyl (C=O) groups excluding carboxylic acids is 1. The van der Waals surface area contributed by atoms with Gasteiger partial charge in [0.1, 0.15) is 0 Å². The standard InChI is InChI=1S/C24H33N3O3S/c1-6-22(20-9-7-17(2)19(4)15-20)25-24(28)21-10-8-18(3)23(16-21)31(29,30)27-13-11-26(5)12-14-27/h7-10,15-16,22H,6,11-14H2,1-5H3,(H,25,28)/t22-/m0/s1. The molecule has 0 bridgehead atoms. The van der Waals surface area contributed by atoms with Gasteiger partial charge in [-0.25, -0.2) is 8.42 Å². The van der Waals surface area contributed by atoms with E-state index < -0.39 is 10.0 Å². The third-order valence-electron chi connectivity index (χ3n) is 6.18. The summed E-state index contributed by atoms with van der Waals surface area (Å²) >= 11 is 0. The molecule has 2 aromatic carbocycles. The van der Waals surface area contributed by atoms with E-state index in [0.717, 1.165) is 12.0 Å². The highest BCUT2D eigenvalue weighted by Gasteiger charge is 2.29. The number of hydrogen-bond donors (Lipinski definition) is 1. The monoisotopic (exact) mass is 443 g/mol. The number of likely N-dealkylation sites (N-methyl/N-ethyl adjacent to an activating group) is 1. The lowest BCUT2D eigenvalue weighted by Crippen LogP contribution is -2.47. The molecule has 1 aliphatic heterocycles. The first-order valence-electron chi connectivity index (χ1n) is 10.8. The predicted octanol–water partition coefficient (Wildman–Crippen LogP) is 3.43. The lowest BCUT2D eigenvalue weighted by Gasteiger charge is -2.32. The second-order valence-corrected chi connectivity index (χ2v) is 10.4. The summed E-state index contributed by atoms with van der Waals surface area (Å²) in [4.78, 5) is 15.3. The minimum Gasteiger partial charge on any atom is -0.345 e. The van der Waals surface area contributed by atoms with Gasteiger partial charge in [-0.2, -0.15) is 4.31 Å². The first-order valence-corrected chi connectivity index (χ1v) is 12.2. The van der Waals surface area contributed by atoms with E-state index in [1.165, 1.54) is 21.5 Å². The van der Waals surface area contributed by atoms with Crippen molar-refractivity contribution in [2.45, 2.75) is 45.1 Å². The molecule has 1 fully saturated rings. The molecule has 0 aromatic heterocycles. The largest absolute Gasteiger partial charge is 0.345 e. The smallest absolute Gasteiger partial charge is 0.251 e. The van der Waals surface area contributed by atoms with Crippen molar-refractivity contribution in [1.82, 2.24) is 14.5 Å². The van der Waals surface area contributed by atoms with Crippen LogP contribution in [0.2, 0.25) is 0 Å². The first-order chi connectivity index (χ1) is 14.6. The number of nitrogens with zero attached hydrogens (tertiary/aromatic N) is 2. The number of piperazine rings is 1. The minimum atomic E-state index is -3.64. The molecule has 1 N–H and O–H groups in total. The third-order valence-corrected chi connectivity index (χ3v) is 8.22. The molecule has 1 aliphatic rings. The van der Waals surface area contributed by atoms with Crippen molar-refractivity contribution in [2.75, 3.05) is 33.2 Å². The van der Waals surface area contributed by atoms with E-state index in [2.05, 4.69) is 36.2 Å². The molecule has 7 heteroatoms. The molecule has 0 saturated carbocycles. The van der Waals surface area contributed by atoms with E-state index >= 15 is 0 Å². The number of nitrogens with one attached hydrogen (secondary N) is 1. The van der Waals surface area contributed by atoms with Crippen LogP contribution in [0.15, 0.2) is 41.3 Å². The van der Waals surface area contributed by atoms with Gasteiger partial charge in [-0.15, -0.1) is 0 Å². The van der Waals surface area contributed by atoms with Crippen LogP contribution in [-0.2, 0) is 10.0 Å². The van der Waals surface area contributed by atoms with Crippen molar-refractivity contribution >= 4 is 15.9 Å². The maximum atomic E-state index is 13.2. The van der Waals surface area contributed by atoms with E-state index in [0.29, 0.717) is 37.3 Å². The molecule has 168 valence electrons. The summed E-state index contributed by atoms with van der Waals surface area (Å²) in [6.45, 7) is 10.2.